The maximum absolute atomic E-state index is 12.8. The molecule has 2 atom stereocenters. The summed E-state index contributed by atoms with van der Waals surface area (Å²) in [7, 11) is 0. The van der Waals surface area contributed by atoms with E-state index in [1.165, 1.54) is 13.8 Å². The zero-order valence-electron chi connectivity index (χ0n) is 22.4. The van der Waals surface area contributed by atoms with Crippen LogP contribution in [0, 0.1) is 5.92 Å². The summed E-state index contributed by atoms with van der Waals surface area (Å²) in [6.07, 6.45) is 0.184. The first-order valence-corrected chi connectivity index (χ1v) is 12.4. The van der Waals surface area contributed by atoms with Crippen molar-refractivity contribution in [3.05, 3.63) is 29.8 Å². The molecule has 1 aromatic rings. The lowest BCUT2D eigenvalue weighted by Gasteiger charge is -2.24. The van der Waals surface area contributed by atoms with E-state index in [-0.39, 0.29) is 56.1 Å². The number of esters is 1. The number of nitrogens with one attached hydrogen (secondary N) is 3. The average Bonchev–Trinajstić information content (AvgIpc) is 3.18. The first-order chi connectivity index (χ1) is 17.5. The number of ether oxygens (including phenoxy) is 1. The van der Waals surface area contributed by atoms with Gasteiger partial charge in [0, 0.05) is 38.4 Å². The van der Waals surface area contributed by atoms with Gasteiger partial charge in [-0.05, 0) is 30.5 Å². The number of carbonyl (C=O) groups is 6. The summed E-state index contributed by atoms with van der Waals surface area (Å²) in [6.45, 7) is 10.4. The first kappa shape index (κ1) is 31.3. The maximum atomic E-state index is 12.8. The highest BCUT2D eigenvalue weighted by Gasteiger charge is 2.30. The Bertz CT molecular complexity index is 960. The molecule has 1 aromatic carbocycles. The Morgan fingerprint density at radius 2 is 1.49 bits per heavy atom. The Hall–Kier alpha value is -3.76. The molecule has 2 unspecified atom stereocenters. The van der Waals surface area contributed by atoms with Gasteiger partial charge in [-0.2, -0.15) is 0 Å². The van der Waals surface area contributed by atoms with Crippen molar-refractivity contribution in [2.75, 3.05) is 11.9 Å². The molecule has 0 bridgehead atoms. The third kappa shape index (κ3) is 10.4. The number of nitrogens with zero attached hydrogens (tertiary/aromatic N) is 1. The summed E-state index contributed by atoms with van der Waals surface area (Å²) in [5, 5.41) is 7.91. The Kier molecular flexibility index (Phi) is 13.0. The van der Waals surface area contributed by atoms with Crippen LogP contribution in [0.4, 0.5) is 5.69 Å². The van der Waals surface area contributed by atoms with Crippen LogP contribution < -0.4 is 16.0 Å². The minimum atomic E-state index is -0.900. The van der Waals surface area contributed by atoms with Crippen LogP contribution in [0.15, 0.2) is 24.3 Å². The largest absolute Gasteiger partial charge is 0.461 e. The molecule has 0 spiro atoms. The minimum Gasteiger partial charge on any atom is -0.461 e. The van der Waals surface area contributed by atoms with E-state index in [2.05, 4.69) is 16.0 Å². The van der Waals surface area contributed by atoms with Crippen LogP contribution in [0.2, 0.25) is 0 Å². The second-order valence-electron chi connectivity index (χ2n) is 8.68. The number of amides is 5. The molecule has 1 saturated heterocycles. The lowest BCUT2D eigenvalue weighted by molar-refractivity contribution is -0.142. The minimum absolute atomic E-state index is 0.0333. The van der Waals surface area contributed by atoms with Crippen molar-refractivity contribution in [1.29, 1.82) is 0 Å². The molecule has 1 aliphatic rings. The number of hydrogen-bond donors (Lipinski definition) is 3. The normalized spacial score (nSPS) is 14.3. The van der Waals surface area contributed by atoms with E-state index in [1.807, 2.05) is 13.8 Å². The molecule has 11 heteroatoms. The topological polar surface area (TPSA) is 151 Å². The van der Waals surface area contributed by atoms with Gasteiger partial charge >= 0.3 is 5.97 Å². The molecule has 1 heterocycles. The summed E-state index contributed by atoms with van der Waals surface area (Å²) >= 11 is 0. The molecule has 0 saturated carbocycles. The highest BCUT2D eigenvalue weighted by atomic mass is 16.5. The van der Waals surface area contributed by atoms with Crippen LogP contribution in [0.3, 0.4) is 0 Å². The first-order valence-electron chi connectivity index (χ1n) is 12.4. The van der Waals surface area contributed by atoms with Crippen molar-refractivity contribution in [2.24, 2.45) is 5.92 Å². The van der Waals surface area contributed by atoms with Crippen molar-refractivity contribution >= 4 is 41.2 Å². The Balaban J connectivity index is 0.00000334. The molecule has 5 amide bonds. The third-order valence-corrected chi connectivity index (χ3v) is 5.40. The van der Waals surface area contributed by atoms with E-state index < -0.39 is 29.8 Å². The van der Waals surface area contributed by atoms with Gasteiger partial charge in [0.15, 0.2) is 0 Å². The van der Waals surface area contributed by atoms with Crippen LogP contribution in [0.25, 0.3) is 0 Å². The van der Waals surface area contributed by atoms with Gasteiger partial charge in [-0.3, -0.25) is 33.7 Å². The fourth-order valence-electron chi connectivity index (χ4n) is 3.35. The summed E-state index contributed by atoms with van der Waals surface area (Å²) in [5.41, 5.74) is 1.26. The molecule has 0 aromatic heterocycles. The fourth-order valence-corrected chi connectivity index (χ4v) is 3.35. The molecular weight excluding hydrogens is 480 g/mol. The van der Waals surface area contributed by atoms with Gasteiger partial charge in [-0.1, -0.05) is 39.8 Å². The van der Waals surface area contributed by atoms with E-state index >= 15 is 0 Å². The predicted octanol–water partition coefficient (Wildman–Crippen LogP) is 1.90. The van der Waals surface area contributed by atoms with Crippen molar-refractivity contribution in [1.82, 2.24) is 15.5 Å². The fraction of sp³-hybridized carbons (Fsp3) is 0.538. The van der Waals surface area contributed by atoms with Gasteiger partial charge in [-0.25, -0.2) is 0 Å². The molecule has 37 heavy (non-hydrogen) atoms. The van der Waals surface area contributed by atoms with Gasteiger partial charge in [-0.15, -0.1) is 0 Å². The number of rotatable bonds is 11. The van der Waals surface area contributed by atoms with Crippen LogP contribution in [0.1, 0.15) is 66.4 Å². The summed E-state index contributed by atoms with van der Waals surface area (Å²) in [5.74, 6) is -2.72. The van der Waals surface area contributed by atoms with E-state index in [0.29, 0.717) is 5.69 Å². The summed E-state index contributed by atoms with van der Waals surface area (Å²) in [4.78, 5) is 72.9. The third-order valence-electron chi connectivity index (χ3n) is 5.40. The summed E-state index contributed by atoms with van der Waals surface area (Å²) < 4.78 is 4.91. The van der Waals surface area contributed by atoms with Gasteiger partial charge in [0.25, 0.3) is 0 Å². The lowest BCUT2D eigenvalue weighted by Crippen LogP contribution is -2.54. The number of likely N-dealkylation sites (tertiary alicyclic amines) is 1. The number of carbonyl (C=O) groups excluding carboxylic acids is 6. The second kappa shape index (κ2) is 15.4. The number of hydrogen-bond acceptors (Lipinski definition) is 7. The molecule has 1 aliphatic heterocycles. The number of imide groups is 1. The van der Waals surface area contributed by atoms with Crippen LogP contribution in [-0.4, -0.2) is 59.0 Å². The van der Waals surface area contributed by atoms with Crippen LogP contribution in [0.5, 0.6) is 0 Å². The van der Waals surface area contributed by atoms with Crippen molar-refractivity contribution in [3.63, 3.8) is 0 Å². The van der Waals surface area contributed by atoms with Crippen LogP contribution in [-0.2, 0) is 40.1 Å². The average molecular weight is 519 g/mol. The lowest BCUT2D eigenvalue weighted by atomic mass is 10.0. The monoisotopic (exact) mass is 518 g/mol. The van der Waals surface area contributed by atoms with Crippen molar-refractivity contribution in [3.8, 4) is 0 Å². The Morgan fingerprint density at radius 3 is 2.00 bits per heavy atom. The molecule has 11 nitrogen and oxygen atoms in total. The van der Waals surface area contributed by atoms with E-state index in [9.17, 15) is 28.8 Å². The van der Waals surface area contributed by atoms with E-state index in [1.54, 1.807) is 38.1 Å². The SMILES string of the molecule is CC.CC(=O)OCc1ccc(NC(=O)C(C)NC(=O)C(NC(=O)CCN2C(=O)CCC2=O)C(C)C)cc1. The second-order valence-corrected chi connectivity index (χ2v) is 8.68. The zero-order chi connectivity index (χ0) is 28.1. The standard InChI is InChI=1S/C24H32N4O7.C2H6/c1-14(2)22(27-19(30)11-12-28-20(31)9-10-21(28)32)24(34)25-15(3)23(33)26-18-7-5-17(6-8-18)13-35-16(4)29;1-2/h5-8,14-15,22H,9-13H2,1-4H3,(H,25,34)(H,26,33)(H,27,30);1-2H3. The summed E-state index contributed by atoms with van der Waals surface area (Å²) in [6, 6.07) is 4.92. The molecule has 3 N–H and O–H groups in total. The van der Waals surface area contributed by atoms with E-state index in [4.69, 9.17) is 4.74 Å². The highest BCUT2D eigenvalue weighted by molar-refractivity contribution is 6.02. The quantitative estimate of drug-likeness (QED) is 0.299. The number of anilines is 1. The predicted molar refractivity (Wildman–Crippen MR) is 137 cm³/mol. The van der Waals surface area contributed by atoms with Crippen molar-refractivity contribution < 1.29 is 33.5 Å². The van der Waals surface area contributed by atoms with Gasteiger partial charge in [0.2, 0.25) is 29.5 Å². The highest BCUT2D eigenvalue weighted by Crippen LogP contribution is 2.13. The molecule has 204 valence electrons. The van der Waals surface area contributed by atoms with Gasteiger partial charge in [0.05, 0.1) is 0 Å². The maximum Gasteiger partial charge on any atom is 0.302 e. The van der Waals surface area contributed by atoms with Crippen LogP contribution >= 0.6 is 0 Å². The smallest absolute Gasteiger partial charge is 0.302 e. The molecule has 1 fully saturated rings. The Labute approximate surface area is 217 Å². The zero-order valence-corrected chi connectivity index (χ0v) is 22.4. The van der Waals surface area contributed by atoms with Gasteiger partial charge in [0.1, 0.15) is 18.7 Å². The number of benzene rings is 1. The van der Waals surface area contributed by atoms with Gasteiger partial charge < -0.3 is 20.7 Å². The van der Waals surface area contributed by atoms with Crippen molar-refractivity contribution in [2.45, 2.75) is 79.5 Å². The van der Waals surface area contributed by atoms with E-state index in [0.717, 1.165) is 10.5 Å². The molecular formula is C26H38N4O7. The molecule has 2 rings (SSSR count). The molecule has 0 radical (unpaired) electrons. The molecule has 0 aliphatic carbocycles. The Morgan fingerprint density at radius 1 is 0.919 bits per heavy atom.